The predicted octanol–water partition coefficient (Wildman–Crippen LogP) is 4.71. The standard InChI is InChI=1S/C20H28N4O2S3/c1-6-10-21-16(25)11-27-19-23-24-20(29-19)28-14(5)18(26)22-17-13(4)8-7-9-15(17)12(2)3/h7-9,12,14H,6,10-11H2,1-5H3,(H,21,25)(H,22,26). The van der Waals surface area contributed by atoms with Crippen LogP contribution < -0.4 is 10.6 Å². The Labute approximate surface area is 185 Å². The maximum atomic E-state index is 12.7. The van der Waals surface area contributed by atoms with Gasteiger partial charge in [-0.05, 0) is 37.3 Å². The number of nitrogens with one attached hydrogen (secondary N) is 2. The van der Waals surface area contributed by atoms with Gasteiger partial charge < -0.3 is 10.6 Å². The zero-order valence-corrected chi connectivity index (χ0v) is 19.9. The van der Waals surface area contributed by atoms with E-state index in [0.29, 0.717) is 18.2 Å². The number of carbonyl (C=O) groups excluding carboxylic acids is 2. The van der Waals surface area contributed by atoms with Crippen molar-refractivity contribution in [2.75, 3.05) is 17.6 Å². The van der Waals surface area contributed by atoms with Gasteiger partial charge >= 0.3 is 0 Å². The summed E-state index contributed by atoms with van der Waals surface area (Å²) >= 11 is 4.15. The minimum absolute atomic E-state index is 0.00631. The molecule has 0 fully saturated rings. The van der Waals surface area contributed by atoms with E-state index in [1.165, 1.54) is 34.9 Å². The van der Waals surface area contributed by atoms with Crippen LogP contribution >= 0.6 is 34.9 Å². The average molecular weight is 453 g/mol. The summed E-state index contributed by atoms with van der Waals surface area (Å²) in [5, 5.41) is 13.9. The molecule has 29 heavy (non-hydrogen) atoms. The van der Waals surface area contributed by atoms with Crippen molar-refractivity contribution in [3.8, 4) is 0 Å². The molecule has 6 nitrogen and oxygen atoms in total. The summed E-state index contributed by atoms with van der Waals surface area (Å²) in [6.45, 7) is 10.8. The summed E-state index contributed by atoms with van der Waals surface area (Å²) in [4.78, 5) is 24.4. The molecule has 1 aromatic carbocycles. The molecule has 1 unspecified atom stereocenters. The van der Waals surface area contributed by atoms with Gasteiger partial charge in [0.05, 0.1) is 11.0 Å². The number of hydrogen-bond donors (Lipinski definition) is 2. The second kappa shape index (κ2) is 11.6. The molecule has 9 heteroatoms. The molecule has 2 N–H and O–H groups in total. The molecule has 0 saturated heterocycles. The lowest BCUT2D eigenvalue weighted by Crippen LogP contribution is -2.25. The molecule has 0 aliphatic heterocycles. The molecule has 0 aliphatic carbocycles. The maximum absolute atomic E-state index is 12.7. The number of aromatic nitrogens is 2. The molecule has 0 aliphatic rings. The molecule has 2 amide bonds. The molecule has 1 atom stereocenters. The Morgan fingerprint density at radius 2 is 1.90 bits per heavy atom. The van der Waals surface area contributed by atoms with Crippen LogP contribution in [-0.4, -0.2) is 39.6 Å². The summed E-state index contributed by atoms with van der Waals surface area (Å²) < 4.78 is 1.45. The Bertz CT molecular complexity index is 839. The molecular formula is C20H28N4O2S3. The van der Waals surface area contributed by atoms with Gasteiger partial charge in [-0.3, -0.25) is 9.59 Å². The zero-order chi connectivity index (χ0) is 21.4. The van der Waals surface area contributed by atoms with Crippen LogP contribution in [0, 0.1) is 6.92 Å². The van der Waals surface area contributed by atoms with Crippen molar-refractivity contribution in [2.45, 2.75) is 60.9 Å². The number of hydrogen-bond acceptors (Lipinski definition) is 7. The number of rotatable bonds is 10. The fourth-order valence-electron chi connectivity index (χ4n) is 2.52. The normalized spacial score (nSPS) is 12.1. The van der Waals surface area contributed by atoms with E-state index in [0.717, 1.165) is 31.9 Å². The van der Waals surface area contributed by atoms with Crippen LogP contribution in [-0.2, 0) is 9.59 Å². The Morgan fingerprint density at radius 3 is 2.59 bits per heavy atom. The second-order valence-corrected chi connectivity index (χ2v) is 10.7. The van der Waals surface area contributed by atoms with Gasteiger partial charge in [-0.2, -0.15) is 0 Å². The van der Waals surface area contributed by atoms with E-state index in [4.69, 9.17) is 0 Å². The van der Waals surface area contributed by atoms with E-state index in [2.05, 4.69) is 40.7 Å². The van der Waals surface area contributed by atoms with Crippen LogP contribution in [0.2, 0.25) is 0 Å². The van der Waals surface area contributed by atoms with Gasteiger partial charge in [0.2, 0.25) is 11.8 Å². The molecule has 1 aromatic heterocycles. The van der Waals surface area contributed by atoms with Crippen LogP contribution in [0.15, 0.2) is 26.9 Å². The summed E-state index contributed by atoms with van der Waals surface area (Å²) in [5.74, 6) is 0.578. The van der Waals surface area contributed by atoms with Gasteiger partial charge in [-0.1, -0.05) is 73.8 Å². The Kier molecular flexibility index (Phi) is 9.45. The first kappa shape index (κ1) is 23.7. The van der Waals surface area contributed by atoms with E-state index in [9.17, 15) is 9.59 Å². The highest BCUT2D eigenvalue weighted by Crippen LogP contribution is 2.32. The lowest BCUT2D eigenvalue weighted by Gasteiger charge is -2.18. The van der Waals surface area contributed by atoms with E-state index in [1.54, 1.807) is 0 Å². The molecule has 158 valence electrons. The highest BCUT2D eigenvalue weighted by atomic mass is 32.2. The largest absolute Gasteiger partial charge is 0.355 e. The van der Waals surface area contributed by atoms with Gasteiger partial charge in [0.25, 0.3) is 0 Å². The lowest BCUT2D eigenvalue weighted by atomic mass is 9.98. The third-order valence-electron chi connectivity index (χ3n) is 4.11. The van der Waals surface area contributed by atoms with Crippen LogP contribution in [0.25, 0.3) is 0 Å². The first-order chi connectivity index (χ1) is 13.8. The molecule has 0 saturated carbocycles. The quantitative estimate of drug-likeness (QED) is 0.508. The van der Waals surface area contributed by atoms with Gasteiger partial charge in [0, 0.05) is 12.2 Å². The van der Waals surface area contributed by atoms with Crippen molar-refractivity contribution >= 4 is 52.4 Å². The summed E-state index contributed by atoms with van der Waals surface area (Å²) in [7, 11) is 0. The second-order valence-electron chi connectivity index (χ2n) is 6.92. The highest BCUT2D eigenvalue weighted by Gasteiger charge is 2.20. The fraction of sp³-hybridized carbons (Fsp3) is 0.500. The molecule has 0 bridgehead atoms. The number of carbonyl (C=O) groups is 2. The Morgan fingerprint density at radius 1 is 1.17 bits per heavy atom. The minimum Gasteiger partial charge on any atom is -0.355 e. The van der Waals surface area contributed by atoms with Crippen molar-refractivity contribution in [1.82, 2.24) is 15.5 Å². The van der Waals surface area contributed by atoms with Crippen LogP contribution in [0.5, 0.6) is 0 Å². The van der Waals surface area contributed by atoms with E-state index in [-0.39, 0.29) is 17.1 Å². The maximum Gasteiger partial charge on any atom is 0.237 e. The summed E-state index contributed by atoms with van der Waals surface area (Å²) in [6.07, 6.45) is 0.914. The Balaban J connectivity index is 1.92. The lowest BCUT2D eigenvalue weighted by molar-refractivity contribution is -0.118. The third-order valence-corrected chi connectivity index (χ3v) is 7.35. The third kappa shape index (κ3) is 7.31. The van der Waals surface area contributed by atoms with Gasteiger partial charge in [0.15, 0.2) is 8.68 Å². The molecule has 0 spiro atoms. The number of nitrogens with zero attached hydrogens (tertiary/aromatic N) is 2. The average Bonchev–Trinajstić information content (AvgIpc) is 3.13. The summed E-state index contributed by atoms with van der Waals surface area (Å²) in [6, 6.07) is 6.07. The predicted molar refractivity (Wildman–Crippen MR) is 123 cm³/mol. The van der Waals surface area contributed by atoms with Gasteiger partial charge in [-0.25, -0.2) is 0 Å². The molecular weight excluding hydrogens is 424 g/mol. The molecule has 2 aromatic rings. The van der Waals surface area contributed by atoms with Gasteiger partial charge in [-0.15, -0.1) is 10.2 Å². The number of anilines is 1. The van der Waals surface area contributed by atoms with E-state index < -0.39 is 0 Å². The van der Waals surface area contributed by atoms with Crippen molar-refractivity contribution in [3.05, 3.63) is 29.3 Å². The first-order valence-corrected chi connectivity index (χ1v) is 12.3. The van der Waals surface area contributed by atoms with Crippen LogP contribution in [0.4, 0.5) is 5.69 Å². The molecule has 2 rings (SSSR count). The first-order valence-electron chi connectivity index (χ1n) is 9.61. The van der Waals surface area contributed by atoms with Crippen LogP contribution in [0.3, 0.4) is 0 Å². The van der Waals surface area contributed by atoms with E-state index in [1.807, 2.05) is 32.9 Å². The van der Waals surface area contributed by atoms with Crippen molar-refractivity contribution in [2.24, 2.45) is 0 Å². The van der Waals surface area contributed by atoms with Crippen molar-refractivity contribution < 1.29 is 9.59 Å². The zero-order valence-electron chi connectivity index (χ0n) is 17.4. The fourth-order valence-corrected chi connectivity index (χ4v) is 5.51. The molecule has 0 radical (unpaired) electrons. The Hall–Kier alpha value is -1.58. The topological polar surface area (TPSA) is 84.0 Å². The SMILES string of the molecule is CCCNC(=O)CSc1nnc(SC(C)C(=O)Nc2c(C)cccc2C(C)C)s1. The smallest absolute Gasteiger partial charge is 0.237 e. The van der Waals surface area contributed by atoms with Crippen molar-refractivity contribution in [1.29, 1.82) is 0 Å². The number of aryl methyl sites for hydroxylation is 1. The molecule has 1 heterocycles. The number of amides is 2. The number of benzene rings is 1. The summed E-state index contributed by atoms with van der Waals surface area (Å²) in [5.41, 5.74) is 3.08. The monoisotopic (exact) mass is 452 g/mol. The van der Waals surface area contributed by atoms with Crippen LogP contribution in [0.1, 0.15) is 51.2 Å². The van der Waals surface area contributed by atoms with Gasteiger partial charge in [0.1, 0.15) is 0 Å². The minimum atomic E-state index is -0.312. The number of thioether (sulfide) groups is 2. The van der Waals surface area contributed by atoms with E-state index >= 15 is 0 Å². The number of para-hydroxylation sites is 1. The highest BCUT2D eigenvalue weighted by molar-refractivity contribution is 8.04. The van der Waals surface area contributed by atoms with Crippen molar-refractivity contribution in [3.63, 3.8) is 0 Å².